The number of hydrogen-bond acceptors (Lipinski definition) is 2. The number of anilines is 1. The van der Waals surface area contributed by atoms with Gasteiger partial charge in [-0.2, -0.15) is 0 Å². The quantitative estimate of drug-likeness (QED) is 0.703. The third kappa shape index (κ3) is 2.57. The van der Waals surface area contributed by atoms with E-state index in [1.54, 1.807) is 0 Å². The molecule has 1 N–H and O–H groups in total. The molecular formula is C20H20BrNO. The Hall–Kier alpha value is -1.74. The summed E-state index contributed by atoms with van der Waals surface area (Å²) in [7, 11) is 0. The van der Waals surface area contributed by atoms with E-state index in [4.69, 9.17) is 4.74 Å². The molecule has 1 heterocycles. The van der Waals surface area contributed by atoms with Crippen LogP contribution in [0.2, 0.25) is 0 Å². The monoisotopic (exact) mass is 369 g/mol. The minimum atomic E-state index is 0.307. The number of para-hydroxylation sites is 1. The molecule has 0 spiro atoms. The molecule has 2 aromatic rings. The van der Waals surface area contributed by atoms with E-state index in [9.17, 15) is 0 Å². The normalized spacial score (nSPS) is 24.7. The summed E-state index contributed by atoms with van der Waals surface area (Å²) >= 11 is 3.60. The van der Waals surface area contributed by atoms with Gasteiger partial charge in [0.05, 0.1) is 18.3 Å². The Kier molecular flexibility index (Phi) is 3.90. The molecular weight excluding hydrogens is 350 g/mol. The Morgan fingerprint density at radius 3 is 2.91 bits per heavy atom. The molecule has 2 nitrogen and oxygen atoms in total. The number of fused-ring (bicyclic) bond motifs is 3. The van der Waals surface area contributed by atoms with Gasteiger partial charge in [0.1, 0.15) is 5.75 Å². The van der Waals surface area contributed by atoms with Gasteiger partial charge in [0.25, 0.3) is 0 Å². The number of benzene rings is 2. The van der Waals surface area contributed by atoms with E-state index < -0.39 is 0 Å². The van der Waals surface area contributed by atoms with Crippen LogP contribution < -0.4 is 10.1 Å². The summed E-state index contributed by atoms with van der Waals surface area (Å²) in [6.07, 6.45) is 5.81. The number of ether oxygens (including phenoxy) is 1. The van der Waals surface area contributed by atoms with E-state index >= 15 is 0 Å². The number of allylic oxidation sites excluding steroid dienone is 2. The second kappa shape index (κ2) is 6.04. The number of nitrogens with one attached hydrogen (secondary N) is 1. The lowest BCUT2D eigenvalue weighted by molar-refractivity contribution is 0.337. The van der Waals surface area contributed by atoms with Crippen molar-refractivity contribution in [2.45, 2.75) is 25.3 Å². The highest BCUT2D eigenvalue weighted by atomic mass is 79.9. The van der Waals surface area contributed by atoms with Crippen LogP contribution in [0.1, 0.15) is 36.4 Å². The zero-order valence-electron chi connectivity index (χ0n) is 13.1. The standard InChI is InChI=1S/C20H20BrNO/c1-2-23-18-11-5-10-17-15-8-4-9-16(15)19(22-20(17)18)13-6-3-7-14(21)12-13/h3-8,10-12,15-16,19,22H,2,9H2,1H3/t15-,16+,19-/m1/s1. The second-order valence-corrected chi connectivity index (χ2v) is 7.10. The molecule has 2 aromatic carbocycles. The van der Waals surface area contributed by atoms with Crippen LogP contribution in [0.15, 0.2) is 59.1 Å². The molecule has 0 unspecified atom stereocenters. The van der Waals surface area contributed by atoms with Crippen LogP contribution in [-0.2, 0) is 0 Å². The summed E-state index contributed by atoms with van der Waals surface area (Å²) < 4.78 is 6.99. The molecule has 2 aliphatic rings. The summed E-state index contributed by atoms with van der Waals surface area (Å²) in [6, 6.07) is 15.3. The van der Waals surface area contributed by atoms with Crippen LogP contribution in [0, 0.1) is 5.92 Å². The van der Waals surface area contributed by atoms with Crippen LogP contribution >= 0.6 is 15.9 Å². The first-order valence-corrected chi connectivity index (χ1v) is 9.01. The Balaban J connectivity index is 1.80. The fraction of sp³-hybridized carbons (Fsp3) is 0.300. The van der Waals surface area contributed by atoms with E-state index in [0.29, 0.717) is 24.5 Å². The lowest BCUT2D eigenvalue weighted by Crippen LogP contribution is -2.29. The van der Waals surface area contributed by atoms with Gasteiger partial charge >= 0.3 is 0 Å². The number of hydrogen-bond donors (Lipinski definition) is 1. The average Bonchev–Trinajstić information content (AvgIpc) is 3.04. The molecule has 0 saturated heterocycles. The Bertz CT molecular complexity index is 755. The predicted octanol–water partition coefficient (Wildman–Crippen LogP) is 5.67. The van der Waals surface area contributed by atoms with Gasteiger partial charge in [-0.3, -0.25) is 0 Å². The fourth-order valence-corrected chi connectivity index (χ4v) is 4.32. The SMILES string of the molecule is CCOc1cccc2c1N[C@H](c1cccc(Br)c1)[C@H]1CC=C[C@@H]21. The lowest BCUT2D eigenvalue weighted by atomic mass is 9.77. The molecule has 1 aliphatic heterocycles. The first kappa shape index (κ1) is 14.8. The van der Waals surface area contributed by atoms with Gasteiger partial charge in [0.2, 0.25) is 0 Å². The molecule has 4 rings (SSSR count). The molecule has 118 valence electrons. The first-order valence-electron chi connectivity index (χ1n) is 8.22. The second-order valence-electron chi connectivity index (χ2n) is 6.18. The maximum Gasteiger partial charge on any atom is 0.142 e. The molecule has 0 bridgehead atoms. The smallest absolute Gasteiger partial charge is 0.142 e. The topological polar surface area (TPSA) is 21.3 Å². The van der Waals surface area contributed by atoms with E-state index in [2.05, 4.69) is 75.9 Å². The van der Waals surface area contributed by atoms with E-state index in [1.807, 2.05) is 6.92 Å². The minimum absolute atomic E-state index is 0.307. The molecule has 23 heavy (non-hydrogen) atoms. The van der Waals surface area contributed by atoms with Gasteiger partial charge < -0.3 is 10.1 Å². The molecule has 0 saturated carbocycles. The summed E-state index contributed by atoms with van der Waals surface area (Å²) in [5.74, 6) is 1.99. The maximum atomic E-state index is 5.86. The molecule has 0 aromatic heterocycles. The van der Waals surface area contributed by atoms with Crippen LogP contribution in [0.5, 0.6) is 5.75 Å². The summed E-state index contributed by atoms with van der Waals surface area (Å²) in [5, 5.41) is 3.78. The van der Waals surface area contributed by atoms with Crippen molar-refractivity contribution in [2.24, 2.45) is 5.92 Å². The fourth-order valence-electron chi connectivity index (χ4n) is 3.90. The van der Waals surface area contributed by atoms with Crippen molar-refractivity contribution in [1.82, 2.24) is 0 Å². The van der Waals surface area contributed by atoms with Gasteiger partial charge in [-0.15, -0.1) is 0 Å². The van der Waals surface area contributed by atoms with Crippen molar-refractivity contribution in [1.29, 1.82) is 0 Å². The van der Waals surface area contributed by atoms with Crippen molar-refractivity contribution in [3.05, 3.63) is 70.2 Å². The average molecular weight is 370 g/mol. The Morgan fingerprint density at radius 1 is 1.22 bits per heavy atom. The third-order valence-corrected chi connectivity index (χ3v) is 5.36. The summed E-state index contributed by atoms with van der Waals surface area (Å²) in [4.78, 5) is 0. The van der Waals surface area contributed by atoms with Crippen LogP contribution in [0.3, 0.4) is 0 Å². The highest BCUT2D eigenvalue weighted by Gasteiger charge is 2.38. The molecule has 3 heteroatoms. The van der Waals surface area contributed by atoms with Gasteiger partial charge in [0.15, 0.2) is 0 Å². The maximum absolute atomic E-state index is 5.86. The van der Waals surface area contributed by atoms with E-state index in [0.717, 1.165) is 22.3 Å². The van der Waals surface area contributed by atoms with Crippen LogP contribution in [0.4, 0.5) is 5.69 Å². The van der Waals surface area contributed by atoms with E-state index in [1.165, 1.54) is 11.1 Å². The zero-order valence-corrected chi connectivity index (χ0v) is 14.7. The number of rotatable bonds is 3. The van der Waals surface area contributed by atoms with Crippen molar-refractivity contribution < 1.29 is 4.74 Å². The predicted molar refractivity (Wildman–Crippen MR) is 98.1 cm³/mol. The first-order chi connectivity index (χ1) is 11.3. The number of halogens is 1. The van der Waals surface area contributed by atoms with Crippen molar-refractivity contribution in [2.75, 3.05) is 11.9 Å². The minimum Gasteiger partial charge on any atom is -0.492 e. The Labute approximate surface area is 145 Å². The largest absolute Gasteiger partial charge is 0.492 e. The molecule has 0 amide bonds. The zero-order chi connectivity index (χ0) is 15.8. The Morgan fingerprint density at radius 2 is 2.09 bits per heavy atom. The van der Waals surface area contributed by atoms with Gasteiger partial charge in [-0.25, -0.2) is 0 Å². The van der Waals surface area contributed by atoms with Gasteiger partial charge in [-0.05, 0) is 48.6 Å². The van der Waals surface area contributed by atoms with Crippen molar-refractivity contribution >= 4 is 21.6 Å². The molecule has 0 radical (unpaired) electrons. The molecule has 3 atom stereocenters. The van der Waals surface area contributed by atoms with E-state index in [-0.39, 0.29) is 0 Å². The van der Waals surface area contributed by atoms with Crippen molar-refractivity contribution in [3.63, 3.8) is 0 Å². The van der Waals surface area contributed by atoms with Crippen LogP contribution in [-0.4, -0.2) is 6.61 Å². The molecule has 1 aliphatic carbocycles. The molecule has 0 fully saturated rings. The van der Waals surface area contributed by atoms with Gasteiger partial charge in [0, 0.05) is 10.4 Å². The summed E-state index contributed by atoms with van der Waals surface area (Å²) in [6.45, 7) is 2.72. The summed E-state index contributed by atoms with van der Waals surface area (Å²) in [5.41, 5.74) is 3.85. The third-order valence-electron chi connectivity index (χ3n) is 4.87. The van der Waals surface area contributed by atoms with Crippen LogP contribution in [0.25, 0.3) is 0 Å². The highest BCUT2D eigenvalue weighted by Crippen LogP contribution is 2.52. The van der Waals surface area contributed by atoms with Gasteiger partial charge in [-0.1, -0.05) is 52.3 Å². The highest BCUT2D eigenvalue weighted by molar-refractivity contribution is 9.10. The lowest BCUT2D eigenvalue weighted by Gasteiger charge is -2.38. The van der Waals surface area contributed by atoms with Crippen molar-refractivity contribution in [3.8, 4) is 5.75 Å².